The first-order valence-electron chi connectivity index (χ1n) is 6.42. The fraction of sp³-hybridized carbons (Fsp3) is 0.615. The maximum absolute atomic E-state index is 11.7. The van der Waals surface area contributed by atoms with Crippen LogP contribution in [-0.4, -0.2) is 34.7 Å². The minimum Gasteiger partial charge on any atom is -0.477 e. The molecule has 1 aromatic rings. The molecule has 0 saturated carbocycles. The highest BCUT2D eigenvalue weighted by Crippen LogP contribution is 2.23. The molecule has 0 spiro atoms. The summed E-state index contributed by atoms with van der Waals surface area (Å²) in [5, 5.41) is 12.4. The summed E-state index contributed by atoms with van der Waals surface area (Å²) >= 11 is 1.09. The molecule has 0 fully saturated rings. The van der Waals surface area contributed by atoms with E-state index in [-0.39, 0.29) is 29.4 Å². The highest BCUT2D eigenvalue weighted by molar-refractivity contribution is 7.13. The zero-order valence-electron chi connectivity index (χ0n) is 12.1. The number of nitrogens with zero attached hydrogens (tertiary/aromatic N) is 1. The Morgan fingerprint density at radius 1 is 1.40 bits per heavy atom. The van der Waals surface area contributed by atoms with Crippen molar-refractivity contribution in [2.75, 3.05) is 6.61 Å². The lowest BCUT2D eigenvalue weighted by atomic mass is 10.3. The number of nitrogens with one attached hydrogen (secondary N) is 1. The van der Waals surface area contributed by atoms with E-state index in [2.05, 4.69) is 10.3 Å². The summed E-state index contributed by atoms with van der Waals surface area (Å²) in [6.45, 7) is 7.62. The van der Waals surface area contributed by atoms with Gasteiger partial charge in [-0.05, 0) is 27.7 Å². The molecule has 1 heterocycles. The number of amides is 1. The third-order valence-corrected chi connectivity index (χ3v) is 3.86. The molecule has 20 heavy (non-hydrogen) atoms. The summed E-state index contributed by atoms with van der Waals surface area (Å²) in [6.07, 6.45) is 0.374. The second kappa shape index (κ2) is 7.35. The highest BCUT2D eigenvalue weighted by Gasteiger charge is 2.19. The number of carboxylic acids is 1. The Kier molecular flexibility index (Phi) is 6.09. The Morgan fingerprint density at radius 2 is 2.05 bits per heavy atom. The monoisotopic (exact) mass is 300 g/mol. The van der Waals surface area contributed by atoms with Crippen molar-refractivity contribution < 1.29 is 19.4 Å². The molecular formula is C13H20N2O4S. The molecule has 0 saturated heterocycles. The number of carboxylic acid groups (broad SMARTS) is 1. The first kappa shape index (κ1) is 16.6. The van der Waals surface area contributed by atoms with E-state index >= 15 is 0 Å². The van der Waals surface area contributed by atoms with Gasteiger partial charge in [-0.15, -0.1) is 11.3 Å². The molecule has 0 bridgehead atoms. The van der Waals surface area contributed by atoms with Crippen LogP contribution in [0.2, 0.25) is 0 Å². The average Bonchev–Trinajstić information content (AvgIpc) is 2.70. The van der Waals surface area contributed by atoms with Crippen molar-refractivity contribution in [1.29, 1.82) is 0 Å². The summed E-state index contributed by atoms with van der Waals surface area (Å²) in [5.41, 5.74) is 0.474. The lowest BCUT2D eigenvalue weighted by Crippen LogP contribution is -2.27. The molecule has 0 radical (unpaired) electrons. The SMILES string of the molecule is Cc1nc(C(C)NC(=O)CCOC(C)C)sc1C(=O)O. The number of carbonyl (C=O) groups excluding carboxylic acids is 1. The second-order valence-corrected chi connectivity index (χ2v) is 5.76. The number of carbonyl (C=O) groups is 2. The van der Waals surface area contributed by atoms with E-state index in [1.54, 1.807) is 13.8 Å². The average molecular weight is 300 g/mol. The van der Waals surface area contributed by atoms with Crippen molar-refractivity contribution in [3.63, 3.8) is 0 Å². The number of rotatable bonds is 7. The van der Waals surface area contributed by atoms with Gasteiger partial charge in [0.25, 0.3) is 0 Å². The molecule has 0 aliphatic rings. The van der Waals surface area contributed by atoms with Crippen molar-refractivity contribution in [1.82, 2.24) is 10.3 Å². The molecule has 0 aliphatic heterocycles. The third kappa shape index (κ3) is 4.90. The standard InChI is InChI=1S/C13H20N2O4S/c1-7(2)19-6-5-10(16)14-9(4)12-15-8(3)11(20-12)13(17)18/h7,9H,5-6H2,1-4H3,(H,14,16)(H,17,18). The first-order valence-corrected chi connectivity index (χ1v) is 7.24. The van der Waals surface area contributed by atoms with Crippen LogP contribution in [0.15, 0.2) is 0 Å². The molecule has 1 atom stereocenters. The fourth-order valence-corrected chi connectivity index (χ4v) is 2.47. The lowest BCUT2D eigenvalue weighted by Gasteiger charge is -2.12. The zero-order valence-corrected chi connectivity index (χ0v) is 12.9. The van der Waals surface area contributed by atoms with Crippen molar-refractivity contribution in [3.8, 4) is 0 Å². The maximum Gasteiger partial charge on any atom is 0.347 e. The lowest BCUT2D eigenvalue weighted by molar-refractivity contribution is -0.123. The number of aromatic nitrogens is 1. The van der Waals surface area contributed by atoms with Crippen molar-refractivity contribution in [2.24, 2.45) is 0 Å². The van der Waals surface area contributed by atoms with Gasteiger partial charge in [-0.2, -0.15) is 0 Å². The van der Waals surface area contributed by atoms with Crippen LogP contribution in [0.5, 0.6) is 0 Å². The van der Waals surface area contributed by atoms with Crippen molar-refractivity contribution in [2.45, 2.75) is 46.3 Å². The van der Waals surface area contributed by atoms with E-state index in [9.17, 15) is 9.59 Å². The number of aryl methyl sites for hydroxylation is 1. The molecule has 1 amide bonds. The van der Waals surface area contributed by atoms with Crippen molar-refractivity contribution >= 4 is 23.2 Å². The predicted molar refractivity (Wildman–Crippen MR) is 76.1 cm³/mol. The van der Waals surface area contributed by atoms with Gasteiger partial charge < -0.3 is 15.2 Å². The van der Waals surface area contributed by atoms with E-state index in [1.165, 1.54) is 0 Å². The number of aromatic carboxylic acids is 1. The fourth-order valence-electron chi connectivity index (χ4n) is 1.56. The Bertz CT molecular complexity index is 485. The largest absolute Gasteiger partial charge is 0.477 e. The molecular weight excluding hydrogens is 280 g/mol. The minimum atomic E-state index is -0.991. The predicted octanol–water partition coefficient (Wildman–Crippen LogP) is 2.14. The van der Waals surface area contributed by atoms with Gasteiger partial charge >= 0.3 is 5.97 Å². The van der Waals surface area contributed by atoms with Crippen LogP contribution in [0.4, 0.5) is 0 Å². The summed E-state index contributed by atoms with van der Waals surface area (Å²) in [5.74, 6) is -1.13. The summed E-state index contributed by atoms with van der Waals surface area (Å²) in [7, 11) is 0. The van der Waals surface area contributed by atoms with Crippen LogP contribution in [0, 0.1) is 6.92 Å². The van der Waals surface area contributed by atoms with Gasteiger partial charge in [0.2, 0.25) is 5.91 Å². The van der Waals surface area contributed by atoms with Gasteiger partial charge in [-0.25, -0.2) is 9.78 Å². The van der Waals surface area contributed by atoms with Crippen LogP contribution in [0.25, 0.3) is 0 Å². The topological polar surface area (TPSA) is 88.5 Å². The van der Waals surface area contributed by atoms with E-state index < -0.39 is 5.97 Å². The molecule has 1 rings (SSSR count). The smallest absolute Gasteiger partial charge is 0.347 e. The summed E-state index contributed by atoms with van der Waals surface area (Å²) < 4.78 is 5.30. The number of thiazole rings is 1. The van der Waals surface area contributed by atoms with E-state index in [0.29, 0.717) is 17.3 Å². The quantitative estimate of drug-likeness (QED) is 0.805. The molecule has 0 aromatic carbocycles. The van der Waals surface area contributed by atoms with Gasteiger partial charge in [0.1, 0.15) is 9.88 Å². The van der Waals surface area contributed by atoms with Gasteiger partial charge in [-0.1, -0.05) is 0 Å². The van der Waals surface area contributed by atoms with E-state index in [1.807, 2.05) is 13.8 Å². The Hall–Kier alpha value is -1.47. The van der Waals surface area contributed by atoms with Crippen LogP contribution < -0.4 is 5.32 Å². The summed E-state index contributed by atoms with van der Waals surface area (Å²) in [4.78, 5) is 27.1. The second-order valence-electron chi connectivity index (χ2n) is 4.73. The van der Waals surface area contributed by atoms with Crippen LogP contribution in [0.1, 0.15) is 53.6 Å². The molecule has 6 nitrogen and oxygen atoms in total. The Balaban J connectivity index is 2.54. The number of ether oxygens (including phenoxy) is 1. The molecule has 1 unspecified atom stereocenters. The molecule has 2 N–H and O–H groups in total. The Morgan fingerprint density at radius 3 is 2.55 bits per heavy atom. The van der Waals surface area contributed by atoms with E-state index in [0.717, 1.165) is 11.3 Å². The third-order valence-electron chi connectivity index (χ3n) is 2.54. The zero-order chi connectivity index (χ0) is 15.3. The minimum absolute atomic E-state index is 0.0972. The van der Waals surface area contributed by atoms with Crippen molar-refractivity contribution in [3.05, 3.63) is 15.6 Å². The van der Waals surface area contributed by atoms with E-state index in [4.69, 9.17) is 9.84 Å². The summed E-state index contributed by atoms with van der Waals surface area (Å²) in [6, 6.07) is -0.307. The Labute approximate surface area is 122 Å². The van der Waals surface area contributed by atoms with Crippen LogP contribution in [0.3, 0.4) is 0 Å². The maximum atomic E-state index is 11.7. The van der Waals surface area contributed by atoms with Gasteiger partial charge in [0.05, 0.1) is 24.4 Å². The molecule has 112 valence electrons. The van der Waals surface area contributed by atoms with Gasteiger partial charge in [0.15, 0.2) is 0 Å². The highest BCUT2D eigenvalue weighted by atomic mass is 32.1. The van der Waals surface area contributed by atoms with Gasteiger partial charge in [-0.3, -0.25) is 4.79 Å². The number of hydrogen-bond acceptors (Lipinski definition) is 5. The molecule has 7 heteroatoms. The first-order chi connectivity index (χ1) is 9.31. The molecule has 1 aromatic heterocycles. The van der Waals surface area contributed by atoms with Crippen LogP contribution >= 0.6 is 11.3 Å². The normalized spacial score (nSPS) is 12.4. The number of hydrogen-bond donors (Lipinski definition) is 2. The molecule has 0 aliphatic carbocycles. The van der Waals surface area contributed by atoms with Crippen LogP contribution in [-0.2, 0) is 9.53 Å². The van der Waals surface area contributed by atoms with Gasteiger partial charge in [0, 0.05) is 6.42 Å².